The van der Waals surface area contributed by atoms with Gasteiger partial charge in [0.1, 0.15) is 17.6 Å². The number of para-hydroxylation sites is 2. The Morgan fingerprint density at radius 1 is 1.00 bits per heavy atom. The molecule has 0 saturated carbocycles. The number of nitrogens with zero attached hydrogens (tertiary/aromatic N) is 3. The summed E-state index contributed by atoms with van der Waals surface area (Å²) in [6.07, 6.45) is 0. The maximum absolute atomic E-state index is 9.49. The van der Waals surface area contributed by atoms with E-state index >= 15 is 0 Å². The van der Waals surface area contributed by atoms with Gasteiger partial charge in [-0.2, -0.15) is 4.57 Å². The van der Waals surface area contributed by atoms with Gasteiger partial charge in [0, 0.05) is 30.9 Å². The zero-order valence-corrected chi connectivity index (χ0v) is 15.7. The smallest absolute Gasteiger partial charge is 0.233 e. The number of hydrogen-bond donors (Lipinski definition) is 1. The van der Waals surface area contributed by atoms with Crippen molar-refractivity contribution in [3.05, 3.63) is 42.5 Å². The third kappa shape index (κ3) is 5.24. The van der Waals surface area contributed by atoms with Crippen molar-refractivity contribution in [2.24, 2.45) is 0 Å². The molecule has 10 heteroatoms. The number of aromatic nitrogens is 2. The van der Waals surface area contributed by atoms with Gasteiger partial charge in [-0.25, -0.2) is 23.6 Å². The fraction of sp³-hybridized carbons (Fsp3) is 0.333. The first-order valence-corrected chi connectivity index (χ1v) is 9.88. The van der Waals surface area contributed by atoms with Gasteiger partial charge in [-0.1, -0.05) is 12.1 Å². The highest BCUT2D eigenvalue weighted by Crippen LogP contribution is 2.22. The van der Waals surface area contributed by atoms with Gasteiger partial charge in [-0.05, 0) is 18.2 Å². The van der Waals surface area contributed by atoms with Crippen LogP contribution < -0.4 is 28.1 Å². The molecule has 1 saturated heterocycles. The SMILES string of the molecule is OCC[n+]1c2ccccc2nc2ccc(N3CCOCC3)cc21.[O-][Cl+3]([O-])([O-])[O-]. The number of benzene rings is 2. The summed E-state index contributed by atoms with van der Waals surface area (Å²) in [6, 6.07) is 14.4. The van der Waals surface area contributed by atoms with Crippen molar-refractivity contribution in [1.82, 2.24) is 4.98 Å². The van der Waals surface area contributed by atoms with E-state index < -0.39 is 10.2 Å². The van der Waals surface area contributed by atoms with Crippen LogP contribution >= 0.6 is 0 Å². The Morgan fingerprint density at radius 2 is 1.64 bits per heavy atom. The molecule has 0 spiro atoms. The number of aliphatic hydroxyl groups is 1. The maximum Gasteiger partial charge on any atom is 0.233 e. The van der Waals surface area contributed by atoms with E-state index in [0.29, 0.717) is 6.54 Å². The third-order valence-electron chi connectivity index (χ3n) is 4.36. The van der Waals surface area contributed by atoms with Crippen LogP contribution in [0.1, 0.15) is 0 Å². The van der Waals surface area contributed by atoms with E-state index in [4.69, 9.17) is 28.4 Å². The number of hydrogen-bond acceptors (Lipinski definition) is 8. The monoisotopic (exact) mass is 409 g/mol. The van der Waals surface area contributed by atoms with Crippen LogP contribution in [0.25, 0.3) is 22.1 Å². The lowest BCUT2D eigenvalue weighted by molar-refractivity contribution is -2.00. The van der Waals surface area contributed by atoms with E-state index in [9.17, 15) is 5.11 Å². The molecule has 0 bridgehead atoms. The van der Waals surface area contributed by atoms with Crippen LogP contribution in [0.2, 0.25) is 0 Å². The lowest BCUT2D eigenvalue weighted by atomic mass is 10.2. The second kappa shape index (κ2) is 8.93. The number of morpholine rings is 1. The fourth-order valence-corrected chi connectivity index (χ4v) is 3.23. The number of aliphatic hydroxyl groups excluding tert-OH is 1. The van der Waals surface area contributed by atoms with Crippen molar-refractivity contribution in [2.75, 3.05) is 37.8 Å². The molecule has 3 aromatic rings. The van der Waals surface area contributed by atoms with Gasteiger partial charge in [0.05, 0.1) is 13.2 Å². The van der Waals surface area contributed by atoms with E-state index in [1.165, 1.54) is 5.69 Å². The quantitative estimate of drug-likeness (QED) is 0.351. The Hall–Kier alpha value is -2.11. The number of rotatable bonds is 3. The largest absolute Gasteiger partial charge is 0.390 e. The van der Waals surface area contributed by atoms with Gasteiger partial charge < -0.3 is 14.7 Å². The zero-order valence-electron chi connectivity index (χ0n) is 15.0. The van der Waals surface area contributed by atoms with Crippen LogP contribution in [-0.2, 0) is 11.3 Å². The fourth-order valence-electron chi connectivity index (χ4n) is 3.23. The van der Waals surface area contributed by atoms with Crippen molar-refractivity contribution in [1.29, 1.82) is 0 Å². The summed E-state index contributed by atoms with van der Waals surface area (Å²) in [6.45, 7) is 4.02. The number of halogens is 1. The summed E-state index contributed by atoms with van der Waals surface area (Å²) in [4.78, 5) is 7.10. The average Bonchev–Trinajstić information content (AvgIpc) is 2.67. The molecule has 1 N–H and O–H groups in total. The highest BCUT2D eigenvalue weighted by molar-refractivity contribution is 5.83. The molecule has 1 aliphatic rings. The Labute approximate surface area is 163 Å². The van der Waals surface area contributed by atoms with Crippen molar-refractivity contribution < 1.29 is 43.3 Å². The number of fused-ring (bicyclic) bond motifs is 2. The van der Waals surface area contributed by atoms with Crippen molar-refractivity contribution in [2.45, 2.75) is 6.54 Å². The molecule has 150 valence electrons. The van der Waals surface area contributed by atoms with Gasteiger partial charge in [0.2, 0.25) is 11.0 Å². The topological polar surface area (TPSA) is 142 Å². The summed E-state index contributed by atoms with van der Waals surface area (Å²) in [5, 5.41) is 9.49. The lowest BCUT2D eigenvalue weighted by Gasteiger charge is -2.28. The van der Waals surface area contributed by atoms with E-state index in [0.717, 1.165) is 48.4 Å². The molecule has 0 radical (unpaired) electrons. The minimum atomic E-state index is -4.94. The first-order valence-electron chi connectivity index (χ1n) is 8.64. The average molecular weight is 410 g/mol. The third-order valence-corrected chi connectivity index (χ3v) is 4.36. The van der Waals surface area contributed by atoms with E-state index in [1.54, 1.807) is 0 Å². The highest BCUT2D eigenvalue weighted by atomic mass is 35.7. The molecular weight excluding hydrogens is 390 g/mol. The molecule has 2 aromatic carbocycles. The summed E-state index contributed by atoms with van der Waals surface area (Å²) in [5.41, 5.74) is 5.20. The van der Waals surface area contributed by atoms with E-state index in [-0.39, 0.29) is 6.61 Å². The minimum Gasteiger partial charge on any atom is -0.390 e. The summed E-state index contributed by atoms with van der Waals surface area (Å²) >= 11 is 0. The van der Waals surface area contributed by atoms with Crippen molar-refractivity contribution >= 4 is 27.8 Å². The molecule has 0 aliphatic carbocycles. The lowest BCUT2D eigenvalue weighted by Crippen LogP contribution is -2.68. The van der Waals surface area contributed by atoms with Crippen molar-refractivity contribution in [3.8, 4) is 0 Å². The zero-order chi connectivity index (χ0) is 20.1. The molecule has 0 unspecified atom stereocenters. The van der Waals surface area contributed by atoms with Gasteiger partial charge in [0.25, 0.3) is 0 Å². The second-order valence-corrected chi connectivity index (χ2v) is 6.88. The number of anilines is 1. The molecule has 28 heavy (non-hydrogen) atoms. The molecule has 1 aliphatic heterocycles. The van der Waals surface area contributed by atoms with Crippen LogP contribution in [0.5, 0.6) is 0 Å². The summed E-state index contributed by atoms with van der Waals surface area (Å²) in [5.74, 6) is 0. The second-order valence-electron chi connectivity index (χ2n) is 6.13. The Kier molecular flexibility index (Phi) is 6.57. The molecular formula is C18H20ClN3O6. The standard InChI is InChI=1S/C18H20N3O2.ClHO4/c22-10-7-21-17-4-2-1-3-15(17)19-16-6-5-14(13-18(16)21)20-8-11-23-12-9-20;2-1(3,4)5/h1-6,13,22H,7-12H2;(H,2,3,4,5)/q+1;/p-1. The molecule has 1 fully saturated rings. The normalized spacial score (nSPS) is 14.8. The predicted octanol–water partition coefficient (Wildman–Crippen LogP) is -3.25. The molecule has 9 nitrogen and oxygen atoms in total. The predicted molar refractivity (Wildman–Crippen MR) is 89.6 cm³/mol. The maximum atomic E-state index is 9.49. The molecule has 0 amide bonds. The molecule has 1 aromatic heterocycles. The van der Waals surface area contributed by atoms with Crippen LogP contribution in [0, 0.1) is 10.2 Å². The van der Waals surface area contributed by atoms with Gasteiger partial charge in [0.15, 0.2) is 6.54 Å². The van der Waals surface area contributed by atoms with Crippen LogP contribution in [0.4, 0.5) is 5.69 Å². The van der Waals surface area contributed by atoms with Crippen LogP contribution in [0.15, 0.2) is 42.5 Å². The minimum absolute atomic E-state index is 0.107. The van der Waals surface area contributed by atoms with Gasteiger partial charge in [-0.15, -0.1) is 10.2 Å². The highest BCUT2D eigenvalue weighted by Gasteiger charge is 2.19. The Bertz CT molecular complexity index is 938. The first kappa shape index (κ1) is 20.6. The Morgan fingerprint density at radius 3 is 2.32 bits per heavy atom. The molecule has 4 rings (SSSR count). The van der Waals surface area contributed by atoms with Crippen LogP contribution in [0.3, 0.4) is 0 Å². The number of ether oxygens (including phenoxy) is 1. The van der Waals surface area contributed by atoms with Gasteiger partial charge >= 0.3 is 0 Å². The first-order chi connectivity index (χ1) is 13.4. The Balaban J connectivity index is 0.000000403. The van der Waals surface area contributed by atoms with E-state index in [2.05, 4.69) is 33.7 Å². The van der Waals surface area contributed by atoms with Gasteiger partial charge in [-0.3, -0.25) is 0 Å². The summed E-state index contributed by atoms with van der Waals surface area (Å²) < 4.78 is 41.6. The van der Waals surface area contributed by atoms with Crippen LogP contribution in [-0.4, -0.2) is 43.0 Å². The molecule has 0 atom stereocenters. The van der Waals surface area contributed by atoms with Crippen molar-refractivity contribution in [3.63, 3.8) is 0 Å². The van der Waals surface area contributed by atoms with E-state index in [1.807, 2.05) is 18.2 Å². The molecule has 2 heterocycles. The summed E-state index contributed by atoms with van der Waals surface area (Å²) in [7, 11) is -4.94.